The fraction of sp³-hybridized carbons (Fsp3) is 0.600. The van der Waals surface area contributed by atoms with Gasteiger partial charge in [0.05, 0.1) is 11.6 Å². The minimum absolute atomic E-state index is 0.125. The van der Waals surface area contributed by atoms with E-state index in [0.717, 1.165) is 44.7 Å². The van der Waals surface area contributed by atoms with Crippen molar-refractivity contribution in [1.29, 1.82) is 5.26 Å². The largest absolute Gasteiger partial charge is 0.371 e. The molecule has 2 aliphatic heterocycles. The van der Waals surface area contributed by atoms with E-state index in [2.05, 4.69) is 30.1 Å². The predicted molar refractivity (Wildman–Crippen MR) is 97.3 cm³/mol. The molecule has 2 amide bonds. The number of carbonyl (C=O) groups is 1. The summed E-state index contributed by atoms with van der Waals surface area (Å²) >= 11 is 0. The van der Waals surface area contributed by atoms with Crippen LogP contribution in [0.25, 0.3) is 0 Å². The second-order valence-corrected chi connectivity index (χ2v) is 8.31. The van der Waals surface area contributed by atoms with E-state index in [0.29, 0.717) is 22.8 Å². The maximum Gasteiger partial charge on any atom is 0.317 e. The van der Waals surface area contributed by atoms with Gasteiger partial charge in [-0.2, -0.15) is 5.26 Å². The summed E-state index contributed by atoms with van der Waals surface area (Å²) in [7, 11) is 0. The lowest BCUT2D eigenvalue weighted by molar-refractivity contribution is 0.190. The highest BCUT2D eigenvalue weighted by molar-refractivity contribution is 5.75. The van der Waals surface area contributed by atoms with E-state index in [1.54, 1.807) is 0 Å². The Hall–Kier alpha value is -2.22. The van der Waals surface area contributed by atoms with Crippen LogP contribution in [0, 0.1) is 28.6 Å². The SMILES string of the molecule is CC1(C)C2CN(C(=O)NC3CCN(c4ccc(C#N)cc4)CC3)CC21. The molecule has 2 saturated heterocycles. The Morgan fingerprint density at radius 3 is 2.32 bits per heavy atom. The van der Waals surface area contributed by atoms with Crippen LogP contribution in [0.1, 0.15) is 32.3 Å². The first-order valence-corrected chi connectivity index (χ1v) is 9.29. The van der Waals surface area contributed by atoms with Crippen molar-refractivity contribution < 1.29 is 4.79 Å². The molecule has 0 spiro atoms. The molecule has 1 saturated carbocycles. The molecule has 1 aliphatic carbocycles. The van der Waals surface area contributed by atoms with Crippen LogP contribution >= 0.6 is 0 Å². The van der Waals surface area contributed by atoms with Gasteiger partial charge in [0.25, 0.3) is 0 Å². The number of likely N-dealkylation sites (tertiary alicyclic amines) is 1. The van der Waals surface area contributed by atoms with Gasteiger partial charge in [-0.25, -0.2) is 4.79 Å². The van der Waals surface area contributed by atoms with Gasteiger partial charge >= 0.3 is 6.03 Å². The number of piperidine rings is 2. The van der Waals surface area contributed by atoms with Crippen molar-refractivity contribution in [2.75, 3.05) is 31.1 Å². The van der Waals surface area contributed by atoms with E-state index >= 15 is 0 Å². The standard InChI is InChI=1S/C20H26N4O/c1-20(2)17-12-24(13-18(17)20)19(25)22-15-7-9-23(10-8-15)16-5-3-14(11-21)4-6-16/h3-6,15,17-18H,7-10,12-13H2,1-2H3,(H,22,25). The highest BCUT2D eigenvalue weighted by atomic mass is 16.2. The van der Waals surface area contributed by atoms with Crippen LogP contribution < -0.4 is 10.2 Å². The molecule has 2 heterocycles. The summed E-state index contributed by atoms with van der Waals surface area (Å²) in [5, 5.41) is 12.1. The van der Waals surface area contributed by atoms with Crippen LogP contribution in [0.5, 0.6) is 0 Å². The lowest BCUT2D eigenvalue weighted by atomic mass is 10.0. The Morgan fingerprint density at radius 2 is 1.76 bits per heavy atom. The minimum atomic E-state index is 0.125. The Morgan fingerprint density at radius 1 is 1.16 bits per heavy atom. The molecule has 0 radical (unpaired) electrons. The van der Waals surface area contributed by atoms with Crippen molar-refractivity contribution in [3.05, 3.63) is 29.8 Å². The average Bonchev–Trinajstić information content (AvgIpc) is 2.99. The Bertz CT molecular complexity index is 683. The number of nitrogens with zero attached hydrogens (tertiary/aromatic N) is 3. The highest BCUT2D eigenvalue weighted by Gasteiger charge is 2.62. The fourth-order valence-electron chi connectivity index (χ4n) is 4.59. The first-order valence-electron chi connectivity index (χ1n) is 9.29. The Kier molecular flexibility index (Phi) is 3.87. The van der Waals surface area contributed by atoms with Gasteiger partial charge in [0.15, 0.2) is 0 Å². The number of benzene rings is 1. The van der Waals surface area contributed by atoms with Gasteiger partial charge in [0.2, 0.25) is 0 Å². The zero-order chi connectivity index (χ0) is 17.6. The van der Waals surface area contributed by atoms with E-state index in [4.69, 9.17) is 5.26 Å². The first-order chi connectivity index (χ1) is 12.0. The van der Waals surface area contributed by atoms with Crippen molar-refractivity contribution in [2.24, 2.45) is 17.3 Å². The van der Waals surface area contributed by atoms with Crippen LogP contribution in [0.2, 0.25) is 0 Å². The van der Waals surface area contributed by atoms with Gasteiger partial charge in [-0.15, -0.1) is 0 Å². The molecule has 3 aliphatic rings. The smallest absolute Gasteiger partial charge is 0.317 e. The van der Waals surface area contributed by atoms with Gasteiger partial charge in [0, 0.05) is 37.9 Å². The van der Waals surface area contributed by atoms with Crippen LogP contribution in [-0.4, -0.2) is 43.2 Å². The van der Waals surface area contributed by atoms with Crippen LogP contribution in [0.4, 0.5) is 10.5 Å². The maximum absolute atomic E-state index is 12.5. The number of hydrogen-bond donors (Lipinski definition) is 1. The fourth-order valence-corrected chi connectivity index (χ4v) is 4.59. The summed E-state index contributed by atoms with van der Waals surface area (Å²) in [6.45, 7) is 8.36. The van der Waals surface area contributed by atoms with Gasteiger partial charge in [-0.3, -0.25) is 0 Å². The number of carbonyl (C=O) groups excluding carboxylic acids is 1. The summed E-state index contributed by atoms with van der Waals surface area (Å²) in [6, 6.07) is 10.3. The van der Waals surface area contributed by atoms with Gasteiger partial charge < -0.3 is 15.1 Å². The second kappa shape index (κ2) is 5.94. The Labute approximate surface area is 149 Å². The number of anilines is 1. The van der Waals surface area contributed by atoms with E-state index in [1.165, 1.54) is 0 Å². The molecule has 1 aromatic rings. The summed E-state index contributed by atoms with van der Waals surface area (Å²) in [6.07, 6.45) is 1.94. The van der Waals surface area contributed by atoms with Crippen molar-refractivity contribution in [1.82, 2.24) is 10.2 Å². The van der Waals surface area contributed by atoms with Crippen molar-refractivity contribution in [2.45, 2.75) is 32.7 Å². The van der Waals surface area contributed by atoms with Crippen molar-refractivity contribution >= 4 is 11.7 Å². The molecule has 5 heteroatoms. The van der Waals surface area contributed by atoms with Gasteiger partial charge in [0.1, 0.15) is 0 Å². The van der Waals surface area contributed by atoms with E-state index < -0.39 is 0 Å². The summed E-state index contributed by atoms with van der Waals surface area (Å²) in [5.41, 5.74) is 2.30. The molecule has 2 atom stereocenters. The topological polar surface area (TPSA) is 59.4 Å². The molecule has 1 N–H and O–H groups in total. The number of amides is 2. The number of nitriles is 1. The summed E-state index contributed by atoms with van der Waals surface area (Å²) in [4.78, 5) is 16.8. The van der Waals surface area contributed by atoms with Gasteiger partial charge in [-0.05, 0) is 54.4 Å². The van der Waals surface area contributed by atoms with Gasteiger partial charge in [-0.1, -0.05) is 13.8 Å². The second-order valence-electron chi connectivity index (χ2n) is 8.31. The molecule has 5 nitrogen and oxygen atoms in total. The molecule has 1 aromatic carbocycles. The van der Waals surface area contributed by atoms with Crippen molar-refractivity contribution in [3.63, 3.8) is 0 Å². The number of rotatable bonds is 2. The quantitative estimate of drug-likeness (QED) is 0.902. The molecule has 25 heavy (non-hydrogen) atoms. The molecule has 3 fully saturated rings. The normalized spacial score (nSPS) is 27.6. The van der Waals surface area contributed by atoms with Crippen LogP contribution in [0.3, 0.4) is 0 Å². The lowest BCUT2D eigenvalue weighted by Crippen LogP contribution is -2.49. The third-order valence-corrected chi connectivity index (χ3v) is 6.59. The van der Waals surface area contributed by atoms with E-state index in [-0.39, 0.29) is 12.1 Å². The first kappa shape index (κ1) is 16.3. The molecule has 132 valence electrons. The number of fused-ring (bicyclic) bond motifs is 1. The monoisotopic (exact) mass is 338 g/mol. The van der Waals surface area contributed by atoms with Crippen LogP contribution in [0.15, 0.2) is 24.3 Å². The molecule has 0 aromatic heterocycles. The predicted octanol–water partition coefficient (Wildman–Crippen LogP) is 2.82. The lowest BCUT2D eigenvalue weighted by Gasteiger charge is -2.35. The third kappa shape index (κ3) is 2.95. The van der Waals surface area contributed by atoms with E-state index in [1.807, 2.05) is 29.2 Å². The summed E-state index contributed by atoms with van der Waals surface area (Å²) < 4.78 is 0. The van der Waals surface area contributed by atoms with Crippen LogP contribution in [-0.2, 0) is 0 Å². The number of urea groups is 1. The minimum Gasteiger partial charge on any atom is -0.371 e. The maximum atomic E-state index is 12.5. The third-order valence-electron chi connectivity index (χ3n) is 6.59. The van der Waals surface area contributed by atoms with Crippen molar-refractivity contribution in [3.8, 4) is 6.07 Å². The molecule has 4 rings (SSSR count). The number of hydrogen-bond acceptors (Lipinski definition) is 3. The zero-order valence-corrected chi connectivity index (χ0v) is 15.0. The molecule has 0 bridgehead atoms. The number of nitrogens with one attached hydrogen (secondary N) is 1. The molecular formula is C20H26N4O. The Balaban J connectivity index is 1.25. The molecular weight excluding hydrogens is 312 g/mol. The summed E-state index contributed by atoms with van der Waals surface area (Å²) in [5.74, 6) is 1.41. The highest BCUT2D eigenvalue weighted by Crippen LogP contribution is 2.61. The van der Waals surface area contributed by atoms with E-state index in [9.17, 15) is 4.79 Å². The molecule has 2 unspecified atom stereocenters. The zero-order valence-electron chi connectivity index (χ0n) is 15.0. The average molecular weight is 338 g/mol.